The molecular weight excluding hydrogens is 579 g/mol. The van der Waals surface area contributed by atoms with Gasteiger partial charge in [-0.3, -0.25) is 14.2 Å². The number of aromatic nitrogens is 3. The van der Waals surface area contributed by atoms with E-state index in [-0.39, 0.29) is 23.9 Å². The first kappa shape index (κ1) is 29.3. The monoisotopic (exact) mass is 612 g/mol. The molecule has 2 aliphatic rings. The maximum Gasteiger partial charge on any atom is 0.332 e. The van der Waals surface area contributed by atoms with Gasteiger partial charge in [0.15, 0.2) is 0 Å². The smallest absolute Gasteiger partial charge is 0.332 e. The van der Waals surface area contributed by atoms with Gasteiger partial charge in [0.1, 0.15) is 34.8 Å². The predicted molar refractivity (Wildman–Crippen MR) is 157 cm³/mol. The zero-order valence-corrected chi connectivity index (χ0v) is 24.9. The van der Waals surface area contributed by atoms with Crippen molar-refractivity contribution < 1.29 is 28.2 Å². The van der Waals surface area contributed by atoms with Gasteiger partial charge in [-0.05, 0) is 62.8 Å². The number of aliphatic hydroxyl groups is 1. The van der Waals surface area contributed by atoms with Crippen LogP contribution in [0, 0.1) is 12.7 Å². The van der Waals surface area contributed by atoms with Gasteiger partial charge in [0, 0.05) is 19.2 Å². The molecule has 1 aromatic carbocycles. The van der Waals surface area contributed by atoms with Crippen LogP contribution in [0.15, 0.2) is 44.7 Å². The van der Waals surface area contributed by atoms with Gasteiger partial charge in [-0.25, -0.2) is 18.7 Å². The average molecular weight is 613 g/mol. The van der Waals surface area contributed by atoms with Gasteiger partial charge in [-0.2, -0.15) is 0 Å². The number of benzene rings is 1. The molecule has 228 valence electrons. The number of likely N-dealkylation sites (tertiary alicyclic amines) is 1. The van der Waals surface area contributed by atoms with Crippen LogP contribution in [0.2, 0.25) is 0 Å². The van der Waals surface area contributed by atoms with E-state index < -0.39 is 35.3 Å². The number of amides is 1. The van der Waals surface area contributed by atoms with Gasteiger partial charge in [-0.15, -0.1) is 11.3 Å². The van der Waals surface area contributed by atoms with Crippen molar-refractivity contribution in [3.63, 3.8) is 0 Å². The van der Waals surface area contributed by atoms with E-state index in [0.717, 1.165) is 4.57 Å². The van der Waals surface area contributed by atoms with Gasteiger partial charge in [-0.1, -0.05) is 0 Å². The molecule has 4 aromatic rings. The van der Waals surface area contributed by atoms with Crippen LogP contribution in [0.1, 0.15) is 55.4 Å². The van der Waals surface area contributed by atoms with E-state index in [1.807, 2.05) is 0 Å². The molecule has 1 saturated carbocycles. The molecule has 0 bridgehead atoms. The minimum Gasteiger partial charge on any atom is -0.496 e. The highest BCUT2D eigenvalue weighted by atomic mass is 32.1. The van der Waals surface area contributed by atoms with Crippen molar-refractivity contribution in [1.29, 1.82) is 0 Å². The molecule has 13 heteroatoms. The number of halogens is 1. The Bertz CT molecular complexity index is 1770. The minimum absolute atomic E-state index is 0.0871. The van der Waals surface area contributed by atoms with Crippen LogP contribution in [0.3, 0.4) is 0 Å². The number of likely N-dealkylation sites (N-methyl/N-ethyl adjacent to an activating group) is 1. The fraction of sp³-hybridized carbons (Fsp3) is 0.467. The number of hydrogen-bond donors (Lipinski definition) is 1. The summed E-state index contributed by atoms with van der Waals surface area (Å²) in [4.78, 5) is 48.1. The number of methoxy groups -OCH3 is 1. The summed E-state index contributed by atoms with van der Waals surface area (Å²) in [5.74, 6) is -0.120. The Morgan fingerprint density at radius 1 is 1.19 bits per heavy atom. The van der Waals surface area contributed by atoms with Crippen LogP contribution in [-0.2, 0) is 16.1 Å². The first-order chi connectivity index (χ1) is 20.7. The third kappa shape index (κ3) is 5.30. The van der Waals surface area contributed by atoms with Crippen molar-refractivity contribution in [1.82, 2.24) is 19.0 Å². The maximum atomic E-state index is 14.6. The lowest BCUT2D eigenvalue weighted by atomic mass is 9.94. The Balaban J connectivity index is 1.55. The van der Waals surface area contributed by atoms with Gasteiger partial charge >= 0.3 is 5.69 Å². The Labute approximate surface area is 250 Å². The third-order valence-electron chi connectivity index (χ3n) is 8.47. The van der Waals surface area contributed by atoms with Crippen LogP contribution >= 0.6 is 11.3 Å². The lowest BCUT2D eigenvalue weighted by Crippen LogP contribution is -2.45. The number of carbonyl (C=O) groups is 1. The summed E-state index contributed by atoms with van der Waals surface area (Å²) in [6, 6.07) is 3.17. The highest BCUT2D eigenvalue weighted by molar-refractivity contribution is 7.22. The standard InChI is InChI=1S/C30H33FN4O7S/c1-16-24-28(38)35(21-10-12-33(2)27(21)37)30(39)34(29(24)43-25(16)26-32-11-13-41-26)15-23(42-19-7-5-18(36)6-8-19)20-14-17(31)4-9-22(20)40-3/h4,9,11,13-14,18-19,21,23,36H,5-8,10,12,15H2,1-3H3/t18-,19+,21-,23+/m1/s1. The zero-order chi connectivity index (χ0) is 30.4. The van der Waals surface area contributed by atoms with E-state index in [1.165, 1.54) is 58.6 Å². The molecule has 1 saturated heterocycles. The first-order valence-corrected chi connectivity index (χ1v) is 15.1. The topological polar surface area (TPSA) is 129 Å². The lowest BCUT2D eigenvalue weighted by molar-refractivity contribution is -0.129. The average Bonchev–Trinajstić information content (AvgIpc) is 3.72. The summed E-state index contributed by atoms with van der Waals surface area (Å²) in [5.41, 5.74) is -0.229. The number of aryl methyl sites for hydroxylation is 1. The molecule has 3 aromatic heterocycles. The zero-order valence-electron chi connectivity index (χ0n) is 24.1. The summed E-state index contributed by atoms with van der Waals surface area (Å²) in [7, 11) is 3.12. The number of fused-ring (bicyclic) bond motifs is 1. The normalized spacial score (nSPS) is 21.6. The number of oxazole rings is 1. The molecule has 1 amide bonds. The van der Waals surface area contributed by atoms with E-state index in [2.05, 4.69) is 4.98 Å². The number of carbonyl (C=O) groups excluding carboxylic acids is 1. The van der Waals surface area contributed by atoms with Gasteiger partial charge in [0.2, 0.25) is 11.8 Å². The number of hydrogen-bond acceptors (Lipinski definition) is 9. The maximum absolute atomic E-state index is 14.6. The highest BCUT2D eigenvalue weighted by Gasteiger charge is 2.36. The molecule has 0 radical (unpaired) electrons. The molecule has 11 nitrogen and oxygen atoms in total. The van der Waals surface area contributed by atoms with Gasteiger partial charge in [0.25, 0.3) is 5.56 Å². The van der Waals surface area contributed by atoms with E-state index >= 15 is 0 Å². The third-order valence-corrected chi connectivity index (χ3v) is 9.77. The molecule has 43 heavy (non-hydrogen) atoms. The Morgan fingerprint density at radius 2 is 1.95 bits per heavy atom. The molecule has 0 unspecified atom stereocenters. The second-order valence-corrected chi connectivity index (χ2v) is 12.1. The number of ether oxygens (including phenoxy) is 2. The second-order valence-electron chi connectivity index (χ2n) is 11.1. The van der Waals surface area contributed by atoms with Crippen LogP contribution in [0.5, 0.6) is 5.75 Å². The van der Waals surface area contributed by atoms with Crippen molar-refractivity contribution in [2.45, 2.75) is 69.9 Å². The van der Waals surface area contributed by atoms with Crippen molar-refractivity contribution in [2.75, 3.05) is 20.7 Å². The van der Waals surface area contributed by atoms with Crippen molar-refractivity contribution >= 4 is 27.5 Å². The predicted octanol–water partition coefficient (Wildman–Crippen LogP) is 3.80. The quantitative estimate of drug-likeness (QED) is 0.318. The van der Waals surface area contributed by atoms with E-state index in [0.29, 0.717) is 71.1 Å². The molecule has 1 aliphatic carbocycles. The number of nitrogens with zero attached hydrogens (tertiary/aromatic N) is 4. The van der Waals surface area contributed by atoms with Crippen molar-refractivity contribution in [3.05, 3.63) is 68.4 Å². The number of thiophene rings is 1. The van der Waals surface area contributed by atoms with Gasteiger partial charge in [0.05, 0.1) is 42.3 Å². The highest BCUT2D eigenvalue weighted by Crippen LogP contribution is 2.38. The Morgan fingerprint density at radius 3 is 2.60 bits per heavy atom. The van der Waals surface area contributed by atoms with E-state index in [9.17, 15) is 23.9 Å². The summed E-state index contributed by atoms with van der Waals surface area (Å²) in [6.07, 6.45) is 4.04. The molecule has 4 heterocycles. The molecule has 2 atom stereocenters. The lowest BCUT2D eigenvalue weighted by Gasteiger charge is -2.31. The van der Waals surface area contributed by atoms with Crippen LogP contribution in [0.25, 0.3) is 21.0 Å². The number of rotatable bonds is 8. The van der Waals surface area contributed by atoms with E-state index in [1.54, 1.807) is 14.0 Å². The van der Waals surface area contributed by atoms with Crippen LogP contribution < -0.4 is 16.0 Å². The van der Waals surface area contributed by atoms with Crippen LogP contribution in [0.4, 0.5) is 4.39 Å². The molecule has 1 N–H and O–H groups in total. The minimum atomic E-state index is -0.951. The number of aliphatic hydroxyl groups excluding tert-OH is 1. The molecule has 0 spiro atoms. The summed E-state index contributed by atoms with van der Waals surface area (Å²) in [6.45, 7) is 2.09. The SMILES string of the molecule is COc1ccc(F)cc1[C@H](Cn1c(=O)n([C@@H]2CCN(C)C2=O)c(=O)c2c(C)c(-c3ncco3)sc21)O[C@H]1CC[C@@H](O)CC1. The molecule has 6 rings (SSSR count). The molecule has 2 fully saturated rings. The fourth-order valence-corrected chi connectivity index (χ4v) is 7.38. The first-order valence-electron chi connectivity index (χ1n) is 14.3. The summed E-state index contributed by atoms with van der Waals surface area (Å²) in [5, 5.41) is 10.3. The molecular formula is C30H33FN4O7S. The second kappa shape index (κ2) is 11.7. The Kier molecular flexibility index (Phi) is 7.96. The van der Waals surface area contributed by atoms with Gasteiger partial charge < -0.3 is 23.9 Å². The van der Waals surface area contributed by atoms with E-state index in [4.69, 9.17) is 13.9 Å². The largest absolute Gasteiger partial charge is 0.496 e. The summed E-state index contributed by atoms with van der Waals surface area (Å²) >= 11 is 1.19. The molecule has 1 aliphatic heterocycles. The van der Waals surface area contributed by atoms with Crippen molar-refractivity contribution in [2.24, 2.45) is 0 Å². The Hall–Kier alpha value is -3.81. The summed E-state index contributed by atoms with van der Waals surface area (Å²) < 4.78 is 34.8. The van der Waals surface area contributed by atoms with Crippen LogP contribution in [-0.4, -0.2) is 62.9 Å². The van der Waals surface area contributed by atoms with Crippen molar-refractivity contribution in [3.8, 4) is 16.5 Å². The fourth-order valence-electron chi connectivity index (χ4n) is 6.13.